The molecular formula is C27H30O14. The molecule has 3 aromatic rings. The fourth-order valence-corrected chi connectivity index (χ4v) is 4.60. The summed E-state index contributed by atoms with van der Waals surface area (Å²) in [5.74, 6) is 0.362. The largest absolute Gasteiger partial charge is 0.508 e. The van der Waals surface area contributed by atoms with E-state index in [1.165, 1.54) is 37.4 Å². The maximum Gasteiger partial charge on any atom is 0.229 e. The van der Waals surface area contributed by atoms with Crippen LogP contribution in [0.2, 0.25) is 0 Å². The van der Waals surface area contributed by atoms with Crippen LogP contribution in [0.5, 0.6) is 17.2 Å². The summed E-state index contributed by atoms with van der Waals surface area (Å²) in [6, 6.07) is 10.1. The number of aromatic hydroxyl groups is 1. The zero-order valence-electron chi connectivity index (χ0n) is 21.6. The van der Waals surface area contributed by atoms with Crippen LogP contribution >= 0.6 is 0 Å². The number of hydrogen-bond donors (Lipinski definition) is 7. The summed E-state index contributed by atoms with van der Waals surface area (Å²) in [6.45, 7) is -0.795. The highest BCUT2D eigenvalue weighted by Gasteiger charge is 2.46. The second kappa shape index (κ2) is 11.9. The highest BCUT2D eigenvalue weighted by atomic mass is 16.7. The molecule has 1 aromatic heterocycles. The van der Waals surface area contributed by atoms with Gasteiger partial charge in [-0.1, -0.05) is 0 Å². The Hall–Kier alpha value is -3.31. The van der Waals surface area contributed by atoms with Crippen LogP contribution in [0.3, 0.4) is 0 Å². The highest BCUT2D eigenvalue weighted by Crippen LogP contribution is 2.34. The first-order chi connectivity index (χ1) is 19.6. The maximum absolute atomic E-state index is 13.2. The van der Waals surface area contributed by atoms with E-state index in [2.05, 4.69) is 0 Å². The maximum atomic E-state index is 13.2. The first-order valence-corrected chi connectivity index (χ1v) is 12.7. The SMILES string of the molecule is COc1cc(O[C@@H]2O[C@H](COC3OC[C@@H](O)[C@H](O)[C@H]3O)[C@@H](O)[C@H](O)[C@H]2O)c2c(=O)cc(-c3ccc(O)cc3)oc2c1. The number of methoxy groups -OCH3 is 1. The van der Waals surface area contributed by atoms with E-state index >= 15 is 0 Å². The molecule has 0 bridgehead atoms. The lowest BCUT2D eigenvalue weighted by molar-refractivity contribution is -0.307. The molecule has 2 aliphatic heterocycles. The van der Waals surface area contributed by atoms with Crippen molar-refractivity contribution in [3.05, 3.63) is 52.7 Å². The minimum atomic E-state index is -1.76. The van der Waals surface area contributed by atoms with Gasteiger partial charge >= 0.3 is 0 Å². The van der Waals surface area contributed by atoms with E-state index in [1.54, 1.807) is 12.1 Å². The molecule has 2 saturated heterocycles. The Balaban J connectivity index is 1.40. The number of aliphatic hydroxyl groups is 6. The molecule has 3 heterocycles. The van der Waals surface area contributed by atoms with E-state index in [9.17, 15) is 40.5 Å². The number of fused-ring (bicyclic) bond motifs is 1. The zero-order valence-corrected chi connectivity index (χ0v) is 21.6. The first kappa shape index (κ1) is 29.2. The van der Waals surface area contributed by atoms with Crippen molar-refractivity contribution in [2.75, 3.05) is 20.3 Å². The second-order valence-corrected chi connectivity index (χ2v) is 9.74. The van der Waals surface area contributed by atoms with E-state index in [4.69, 9.17) is 28.1 Å². The normalized spacial score (nSPS) is 32.1. The van der Waals surface area contributed by atoms with Crippen molar-refractivity contribution in [1.82, 2.24) is 0 Å². The molecule has 2 fully saturated rings. The van der Waals surface area contributed by atoms with Gasteiger partial charge in [-0.3, -0.25) is 4.79 Å². The van der Waals surface area contributed by atoms with Crippen molar-refractivity contribution in [2.24, 2.45) is 0 Å². The molecule has 0 aliphatic carbocycles. The average Bonchev–Trinajstić information content (AvgIpc) is 2.96. The molecule has 41 heavy (non-hydrogen) atoms. The molecule has 0 saturated carbocycles. The third kappa shape index (κ3) is 5.88. The topological polar surface area (TPSA) is 218 Å². The second-order valence-electron chi connectivity index (χ2n) is 9.74. The standard InChI is InChI=1S/C27H30O14/c1-36-13-6-17-20(14(29)8-16(39-17)11-2-4-12(28)5-3-11)18(7-13)40-27-25(35)23(33)22(32)19(41-27)10-38-26-24(34)21(31)15(30)9-37-26/h2-8,15,19,21-28,30-35H,9-10H2,1H3/t15-,19-,21+,22-,23+,24-,25-,26?,27-/m1/s1. The van der Waals surface area contributed by atoms with Crippen LogP contribution in [-0.4, -0.2) is 111 Å². The summed E-state index contributed by atoms with van der Waals surface area (Å²) < 4.78 is 33.3. The summed E-state index contributed by atoms with van der Waals surface area (Å²) in [5.41, 5.74) is 0.0824. The van der Waals surface area contributed by atoms with Crippen molar-refractivity contribution in [1.29, 1.82) is 0 Å². The zero-order chi connectivity index (χ0) is 29.4. The van der Waals surface area contributed by atoms with Crippen LogP contribution in [0, 0.1) is 0 Å². The van der Waals surface area contributed by atoms with Gasteiger partial charge in [-0.25, -0.2) is 0 Å². The Morgan fingerprint density at radius 3 is 2.29 bits per heavy atom. The minimum Gasteiger partial charge on any atom is -0.508 e. The predicted molar refractivity (Wildman–Crippen MR) is 137 cm³/mol. The van der Waals surface area contributed by atoms with Gasteiger partial charge in [-0.15, -0.1) is 0 Å². The molecule has 7 N–H and O–H groups in total. The Morgan fingerprint density at radius 2 is 1.59 bits per heavy atom. The molecule has 9 atom stereocenters. The van der Waals surface area contributed by atoms with Gasteiger partial charge in [0.15, 0.2) is 11.7 Å². The van der Waals surface area contributed by atoms with Crippen LogP contribution in [0.15, 0.2) is 51.7 Å². The summed E-state index contributed by atoms with van der Waals surface area (Å²) in [4.78, 5) is 13.2. The van der Waals surface area contributed by atoms with Gasteiger partial charge in [-0.05, 0) is 24.3 Å². The fraction of sp³-hybridized carbons (Fsp3) is 0.444. The van der Waals surface area contributed by atoms with Gasteiger partial charge in [0.25, 0.3) is 0 Å². The van der Waals surface area contributed by atoms with Gasteiger partial charge in [0.1, 0.15) is 76.7 Å². The number of rotatable bonds is 7. The van der Waals surface area contributed by atoms with Gasteiger partial charge < -0.3 is 63.8 Å². The van der Waals surface area contributed by atoms with Crippen molar-refractivity contribution >= 4 is 11.0 Å². The number of benzene rings is 2. The fourth-order valence-electron chi connectivity index (χ4n) is 4.60. The van der Waals surface area contributed by atoms with E-state index in [0.29, 0.717) is 5.56 Å². The van der Waals surface area contributed by atoms with E-state index < -0.39 is 67.3 Å². The van der Waals surface area contributed by atoms with Crippen molar-refractivity contribution < 1.29 is 63.8 Å². The number of aliphatic hydroxyl groups excluding tert-OH is 6. The molecule has 5 rings (SSSR count). The van der Waals surface area contributed by atoms with Crippen LogP contribution < -0.4 is 14.9 Å². The number of phenols is 1. The third-order valence-corrected chi connectivity index (χ3v) is 6.95. The van der Waals surface area contributed by atoms with Crippen molar-refractivity contribution in [3.63, 3.8) is 0 Å². The van der Waals surface area contributed by atoms with Crippen LogP contribution in [-0.2, 0) is 14.2 Å². The van der Waals surface area contributed by atoms with Crippen LogP contribution in [0.25, 0.3) is 22.3 Å². The van der Waals surface area contributed by atoms with Gasteiger partial charge in [-0.2, -0.15) is 0 Å². The summed E-state index contributed by atoms with van der Waals surface area (Å²) >= 11 is 0. The number of hydrogen-bond acceptors (Lipinski definition) is 14. The highest BCUT2D eigenvalue weighted by molar-refractivity contribution is 5.86. The number of phenolic OH excluding ortho intramolecular Hbond substituents is 1. The van der Waals surface area contributed by atoms with Gasteiger partial charge in [0.2, 0.25) is 6.29 Å². The first-order valence-electron chi connectivity index (χ1n) is 12.7. The molecule has 14 nitrogen and oxygen atoms in total. The van der Waals surface area contributed by atoms with Crippen molar-refractivity contribution in [2.45, 2.75) is 55.3 Å². The summed E-state index contributed by atoms with van der Waals surface area (Å²) in [6.07, 6.45) is -13.9. The molecule has 14 heteroatoms. The van der Waals surface area contributed by atoms with Crippen LogP contribution in [0.4, 0.5) is 0 Å². The molecule has 0 radical (unpaired) electrons. The lowest BCUT2D eigenvalue weighted by Crippen LogP contribution is -2.61. The number of ether oxygens (including phenoxy) is 5. The lowest BCUT2D eigenvalue weighted by atomic mass is 9.99. The molecule has 0 amide bonds. The quantitative estimate of drug-likeness (QED) is 0.176. The van der Waals surface area contributed by atoms with E-state index in [-0.39, 0.29) is 40.6 Å². The predicted octanol–water partition coefficient (Wildman–Crippen LogP) is -1.18. The summed E-state index contributed by atoms with van der Waals surface area (Å²) in [5, 5.41) is 70.6. The average molecular weight is 579 g/mol. The van der Waals surface area contributed by atoms with E-state index in [0.717, 1.165) is 0 Å². The third-order valence-electron chi connectivity index (χ3n) is 6.95. The molecule has 0 spiro atoms. The Labute approximate surface area is 232 Å². The van der Waals surface area contributed by atoms with Crippen molar-refractivity contribution in [3.8, 4) is 28.6 Å². The molecule has 2 aromatic carbocycles. The van der Waals surface area contributed by atoms with E-state index in [1.807, 2.05) is 0 Å². The Morgan fingerprint density at radius 1 is 0.878 bits per heavy atom. The molecule has 1 unspecified atom stereocenters. The molecule has 222 valence electrons. The molecular weight excluding hydrogens is 548 g/mol. The monoisotopic (exact) mass is 578 g/mol. The van der Waals surface area contributed by atoms with Crippen LogP contribution in [0.1, 0.15) is 0 Å². The smallest absolute Gasteiger partial charge is 0.229 e. The lowest BCUT2D eigenvalue weighted by Gasteiger charge is -2.41. The minimum absolute atomic E-state index is 0.0242. The summed E-state index contributed by atoms with van der Waals surface area (Å²) in [7, 11) is 1.38. The van der Waals surface area contributed by atoms with Gasteiger partial charge in [0.05, 0.1) is 20.3 Å². The Bertz CT molecular complexity index is 1410. The van der Waals surface area contributed by atoms with Gasteiger partial charge in [0, 0.05) is 23.8 Å². The molecule has 2 aliphatic rings. The Kier molecular flexibility index (Phi) is 8.47.